The molecule has 4 rings (SSSR count). The minimum atomic E-state index is -1.32. The number of hydrogen-bond donors (Lipinski definition) is 3. The first-order valence-electron chi connectivity index (χ1n) is 9.34. The predicted octanol–water partition coefficient (Wildman–Crippen LogP) is 2.12. The third-order valence-electron chi connectivity index (χ3n) is 5.12. The Kier molecular flexibility index (Phi) is 4.96. The molecular formula is C21H18N2O7. The van der Waals surface area contributed by atoms with Gasteiger partial charge in [-0.3, -0.25) is 19.3 Å². The van der Waals surface area contributed by atoms with Gasteiger partial charge in [0.2, 0.25) is 0 Å². The summed E-state index contributed by atoms with van der Waals surface area (Å²) in [5.74, 6) is -3.14. The van der Waals surface area contributed by atoms with Gasteiger partial charge >= 0.3 is 5.97 Å². The summed E-state index contributed by atoms with van der Waals surface area (Å²) in [6.07, 6.45) is 1.48. The topological polar surface area (TPSA) is 133 Å². The summed E-state index contributed by atoms with van der Waals surface area (Å²) in [5, 5.41) is 21.2. The molecule has 1 atom stereocenters. The molecule has 0 aromatic heterocycles. The summed E-state index contributed by atoms with van der Waals surface area (Å²) in [6.45, 7) is 0.775. The number of carboxylic acids is 1. The first-order chi connectivity index (χ1) is 14.3. The van der Waals surface area contributed by atoms with Crippen molar-refractivity contribution in [2.45, 2.75) is 18.9 Å². The zero-order valence-corrected chi connectivity index (χ0v) is 15.8. The predicted molar refractivity (Wildman–Crippen MR) is 104 cm³/mol. The molecule has 154 valence electrons. The summed E-state index contributed by atoms with van der Waals surface area (Å²) in [7, 11) is 0. The molecule has 0 aliphatic carbocycles. The molecule has 1 fully saturated rings. The molecule has 9 nitrogen and oxygen atoms in total. The molecule has 0 radical (unpaired) electrons. The van der Waals surface area contributed by atoms with Crippen LogP contribution in [-0.4, -0.2) is 58.1 Å². The lowest BCUT2D eigenvalue weighted by Crippen LogP contribution is -2.36. The maximum absolute atomic E-state index is 12.7. The minimum absolute atomic E-state index is 0.00629. The lowest BCUT2D eigenvalue weighted by atomic mass is 10.0. The number of anilines is 1. The van der Waals surface area contributed by atoms with E-state index in [1.54, 1.807) is 0 Å². The van der Waals surface area contributed by atoms with Gasteiger partial charge < -0.3 is 20.3 Å². The number of phenols is 1. The molecule has 2 aromatic carbocycles. The highest BCUT2D eigenvalue weighted by atomic mass is 16.5. The fourth-order valence-electron chi connectivity index (χ4n) is 3.60. The quantitative estimate of drug-likeness (QED) is 0.508. The maximum atomic E-state index is 12.7. The molecule has 1 saturated heterocycles. The van der Waals surface area contributed by atoms with Crippen molar-refractivity contribution in [3.05, 3.63) is 58.7 Å². The highest BCUT2D eigenvalue weighted by molar-refractivity contribution is 6.22. The van der Waals surface area contributed by atoms with Gasteiger partial charge in [-0.2, -0.15) is 0 Å². The van der Waals surface area contributed by atoms with Crippen LogP contribution in [-0.2, 0) is 4.74 Å². The van der Waals surface area contributed by atoms with E-state index in [0.717, 1.165) is 23.8 Å². The molecule has 3 N–H and O–H groups in total. The second-order valence-corrected chi connectivity index (χ2v) is 7.11. The molecule has 30 heavy (non-hydrogen) atoms. The zero-order chi connectivity index (χ0) is 21.4. The summed E-state index contributed by atoms with van der Waals surface area (Å²) in [5.41, 5.74) is 0.144. The number of amides is 3. The smallest absolute Gasteiger partial charge is 0.337 e. The molecule has 0 spiro atoms. The van der Waals surface area contributed by atoms with Crippen molar-refractivity contribution in [2.24, 2.45) is 0 Å². The number of nitrogens with zero attached hydrogens (tertiary/aromatic N) is 1. The third kappa shape index (κ3) is 3.50. The van der Waals surface area contributed by atoms with E-state index in [1.165, 1.54) is 30.3 Å². The van der Waals surface area contributed by atoms with Crippen LogP contribution in [0.25, 0.3) is 0 Å². The van der Waals surface area contributed by atoms with Gasteiger partial charge in [-0.05, 0) is 49.2 Å². The van der Waals surface area contributed by atoms with Gasteiger partial charge in [-0.1, -0.05) is 0 Å². The number of ether oxygens (including phenoxy) is 1. The Hall–Kier alpha value is -3.72. The number of fused-ring (bicyclic) bond motifs is 1. The van der Waals surface area contributed by atoms with Crippen LogP contribution in [0, 0.1) is 0 Å². The fraction of sp³-hybridized carbons (Fsp3) is 0.238. The Morgan fingerprint density at radius 2 is 1.87 bits per heavy atom. The molecular weight excluding hydrogens is 392 g/mol. The van der Waals surface area contributed by atoms with Gasteiger partial charge in [0.15, 0.2) is 0 Å². The van der Waals surface area contributed by atoms with E-state index in [9.17, 15) is 29.4 Å². The number of carbonyl (C=O) groups is 4. The number of nitrogens with one attached hydrogen (secondary N) is 1. The van der Waals surface area contributed by atoms with E-state index in [4.69, 9.17) is 4.74 Å². The number of rotatable bonds is 5. The van der Waals surface area contributed by atoms with Crippen LogP contribution < -0.4 is 5.32 Å². The van der Waals surface area contributed by atoms with Crippen molar-refractivity contribution in [1.29, 1.82) is 0 Å². The lowest BCUT2D eigenvalue weighted by molar-refractivity contribution is 0.0475. The first kappa shape index (κ1) is 19.6. The first-order valence-corrected chi connectivity index (χ1v) is 9.34. The normalized spacial score (nSPS) is 17.9. The molecule has 9 heteroatoms. The number of imide groups is 1. The van der Waals surface area contributed by atoms with Crippen molar-refractivity contribution in [3.63, 3.8) is 0 Å². The number of aromatic hydroxyl groups is 1. The van der Waals surface area contributed by atoms with Gasteiger partial charge in [0.1, 0.15) is 5.75 Å². The van der Waals surface area contributed by atoms with E-state index in [1.807, 2.05) is 0 Å². The molecule has 2 heterocycles. The van der Waals surface area contributed by atoms with E-state index >= 15 is 0 Å². The second kappa shape index (κ2) is 7.60. The van der Waals surface area contributed by atoms with Crippen LogP contribution in [0.4, 0.5) is 5.69 Å². The van der Waals surface area contributed by atoms with Gasteiger partial charge in [-0.25, -0.2) is 4.79 Å². The Labute approximate surface area is 170 Å². The van der Waals surface area contributed by atoms with Crippen LogP contribution in [0.1, 0.15) is 54.3 Å². The number of benzene rings is 2. The highest BCUT2D eigenvalue weighted by Crippen LogP contribution is 2.27. The van der Waals surface area contributed by atoms with Crippen molar-refractivity contribution >= 4 is 29.4 Å². The summed E-state index contributed by atoms with van der Waals surface area (Å²) >= 11 is 0. The molecule has 0 bridgehead atoms. The number of aromatic carboxylic acids is 1. The lowest BCUT2D eigenvalue weighted by Gasteiger charge is -2.17. The number of carboxylic acid groups (broad SMARTS) is 1. The number of carbonyl (C=O) groups excluding carboxylic acids is 3. The fourth-order valence-corrected chi connectivity index (χ4v) is 3.60. The van der Waals surface area contributed by atoms with E-state index in [0.29, 0.717) is 6.61 Å². The summed E-state index contributed by atoms with van der Waals surface area (Å²) in [6, 6.07) is 7.66. The zero-order valence-electron chi connectivity index (χ0n) is 15.8. The standard InChI is InChI=1S/C21H18N2O7/c24-12-4-6-17(16(9-12)21(28)29)22-18(25)11-3-5-14-15(8-11)20(27)23(19(14)26)10-13-2-1-7-30-13/h3-6,8-9,13,24H,1-2,7,10H2,(H,22,25)(H,28,29). The van der Waals surface area contributed by atoms with Gasteiger partial charge in [-0.15, -0.1) is 0 Å². The van der Waals surface area contributed by atoms with Crippen LogP contribution in [0.15, 0.2) is 36.4 Å². The largest absolute Gasteiger partial charge is 0.508 e. The SMILES string of the molecule is O=C(Nc1ccc(O)cc1C(=O)O)c1ccc2c(c1)C(=O)N(CC1CCCO1)C2=O. The van der Waals surface area contributed by atoms with Gasteiger partial charge in [0.25, 0.3) is 17.7 Å². The average Bonchev–Trinajstić information content (AvgIpc) is 3.32. The average molecular weight is 410 g/mol. The highest BCUT2D eigenvalue weighted by Gasteiger charge is 2.38. The van der Waals surface area contributed by atoms with Crippen LogP contribution in [0.3, 0.4) is 0 Å². The molecule has 3 amide bonds. The Balaban J connectivity index is 1.56. The molecule has 0 saturated carbocycles. The van der Waals surface area contributed by atoms with Gasteiger partial charge in [0.05, 0.1) is 35.0 Å². The maximum Gasteiger partial charge on any atom is 0.337 e. The van der Waals surface area contributed by atoms with Crippen molar-refractivity contribution in [3.8, 4) is 5.75 Å². The van der Waals surface area contributed by atoms with Gasteiger partial charge in [0, 0.05) is 12.2 Å². The Morgan fingerprint density at radius 1 is 1.10 bits per heavy atom. The van der Waals surface area contributed by atoms with Crippen molar-refractivity contribution < 1.29 is 34.1 Å². The molecule has 2 aromatic rings. The van der Waals surface area contributed by atoms with Crippen LogP contribution >= 0.6 is 0 Å². The second-order valence-electron chi connectivity index (χ2n) is 7.11. The third-order valence-corrected chi connectivity index (χ3v) is 5.12. The number of phenolic OH excluding ortho intramolecular Hbond substituents is 1. The van der Waals surface area contributed by atoms with E-state index < -0.39 is 23.7 Å². The monoisotopic (exact) mass is 410 g/mol. The molecule has 2 aliphatic rings. The minimum Gasteiger partial charge on any atom is -0.508 e. The Morgan fingerprint density at radius 3 is 2.57 bits per heavy atom. The van der Waals surface area contributed by atoms with Crippen molar-refractivity contribution in [2.75, 3.05) is 18.5 Å². The summed E-state index contributed by atoms with van der Waals surface area (Å²) in [4.78, 5) is 50.4. The molecule has 2 aliphatic heterocycles. The Bertz CT molecular complexity index is 1070. The summed E-state index contributed by atoms with van der Waals surface area (Å²) < 4.78 is 5.50. The molecule has 1 unspecified atom stereocenters. The van der Waals surface area contributed by atoms with E-state index in [-0.39, 0.29) is 46.3 Å². The number of hydrogen-bond acceptors (Lipinski definition) is 6. The van der Waals surface area contributed by atoms with Crippen LogP contribution in [0.5, 0.6) is 5.75 Å². The van der Waals surface area contributed by atoms with E-state index in [2.05, 4.69) is 5.32 Å². The van der Waals surface area contributed by atoms with Crippen LogP contribution in [0.2, 0.25) is 0 Å². The van der Waals surface area contributed by atoms with Crippen molar-refractivity contribution in [1.82, 2.24) is 4.90 Å².